The Balaban J connectivity index is 1.88. The first-order valence-corrected chi connectivity index (χ1v) is 18.5. The zero-order valence-electron chi connectivity index (χ0n) is 27.4. The molecular formula is C37H66O5. The van der Waals surface area contributed by atoms with E-state index in [9.17, 15) is 9.90 Å². The van der Waals surface area contributed by atoms with Gasteiger partial charge in [-0.05, 0) is 51.9 Å². The average molecular weight is 591 g/mol. The van der Waals surface area contributed by atoms with E-state index >= 15 is 0 Å². The molecular weight excluding hydrogens is 524 g/mol. The molecule has 0 atom stereocenters. The van der Waals surface area contributed by atoms with E-state index in [4.69, 9.17) is 14.2 Å². The molecule has 42 heavy (non-hydrogen) atoms. The molecule has 5 nitrogen and oxygen atoms in total. The summed E-state index contributed by atoms with van der Waals surface area (Å²) in [6.07, 6.45) is 36.7. The number of carboxylic acids is 1. The van der Waals surface area contributed by atoms with Crippen LogP contribution in [0.4, 0.5) is 0 Å². The Morgan fingerprint density at radius 3 is 1.07 bits per heavy atom. The molecule has 0 bridgehead atoms. The van der Waals surface area contributed by atoms with Crippen LogP contribution in [-0.2, 0) is 19.0 Å². The number of allylic oxidation sites excluding steroid dienone is 1. The lowest BCUT2D eigenvalue weighted by Crippen LogP contribution is -2.47. The second kappa shape index (κ2) is 21.7. The number of ether oxygens (including phenoxy) is 3. The summed E-state index contributed by atoms with van der Waals surface area (Å²) >= 11 is 0. The highest BCUT2D eigenvalue weighted by Gasteiger charge is 2.40. The quantitative estimate of drug-likeness (QED) is 0.202. The lowest BCUT2D eigenvalue weighted by molar-refractivity contribution is -0.422. The molecule has 0 heterocycles. The van der Waals surface area contributed by atoms with Crippen molar-refractivity contribution in [3.63, 3.8) is 0 Å². The second-order valence-corrected chi connectivity index (χ2v) is 13.8. The third-order valence-electron chi connectivity index (χ3n) is 9.93. The Morgan fingerprint density at radius 2 is 0.810 bits per heavy atom. The Labute approximate surface area is 258 Å². The third-order valence-corrected chi connectivity index (χ3v) is 9.93. The molecule has 3 saturated carbocycles. The van der Waals surface area contributed by atoms with E-state index in [1.165, 1.54) is 135 Å². The fraction of sp³-hybridized carbons (Fsp3) is 0.919. The molecule has 0 unspecified atom stereocenters. The van der Waals surface area contributed by atoms with Gasteiger partial charge in [-0.2, -0.15) is 0 Å². The predicted octanol–water partition coefficient (Wildman–Crippen LogP) is 11.2. The SMILES string of the molecule is CC(=CCCC(OC1CCCCCCCCC1)(OC1CCCCCCCCC1)OC1CCCCCCCCC1)C(=O)O. The van der Waals surface area contributed by atoms with Crippen LogP contribution in [0.1, 0.15) is 193 Å². The van der Waals surface area contributed by atoms with Crippen molar-refractivity contribution in [2.24, 2.45) is 0 Å². The van der Waals surface area contributed by atoms with Crippen LogP contribution in [0.2, 0.25) is 0 Å². The van der Waals surface area contributed by atoms with Crippen molar-refractivity contribution in [3.8, 4) is 0 Å². The van der Waals surface area contributed by atoms with E-state index < -0.39 is 11.9 Å². The minimum Gasteiger partial charge on any atom is -0.478 e. The Kier molecular flexibility index (Phi) is 18.4. The number of hydrogen-bond acceptors (Lipinski definition) is 4. The molecule has 0 aromatic rings. The lowest BCUT2D eigenvalue weighted by atomic mass is 9.98. The van der Waals surface area contributed by atoms with Gasteiger partial charge in [-0.3, -0.25) is 0 Å². The van der Waals surface area contributed by atoms with Crippen molar-refractivity contribution < 1.29 is 24.1 Å². The van der Waals surface area contributed by atoms with Gasteiger partial charge < -0.3 is 19.3 Å². The first kappa shape index (κ1) is 35.6. The zero-order chi connectivity index (χ0) is 29.7. The van der Waals surface area contributed by atoms with Crippen LogP contribution < -0.4 is 0 Å². The van der Waals surface area contributed by atoms with Crippen molar-refractivity contribution in [2.45, 2.75) is 217 Å². The molecule has 0 aliphatic heterocycles. The monoisotopic (exact) mass is 590 g/mol. The average Bonchev–Trinajstić information content (AvgIpc) is 2.99. The van der Waals surface area contributed by atoms with Crippen molar-refractivity contribution in [3.05, 3.63) is 11.6 Å². The molecule has 0 aromatic heterocycles. The van der Waals surface area contributed by atoms with Crippen molar-refractivity contribution >= 4 is 5.97 Å². The van der Waals surface area contributed by atoms with Gasteiger partial charge in [0.1, 0.15) is 0 Å². The maximum Gasteiger partial charge on any atom is 0.330 e. The van der Waals surface area contributed by atoms with Crippen LogP contribution in [0.15, 0.2) is 11.6 Å². The number of aliphatic carboxylic acids is 1. The van der Waals surface area contributed by atoms with Crippen LogP contribution in [0.3, 0.4) is 0 Å². The summed E-state index contributed by atoms with van der Waals surface area (Å²) in [4.78, 5) is 11.6. The van der Waals surface area contributed by atoms with Crippen molar-refractivity contribution in [2.75, 3.05) is 0 Å². The predicted molar refractivity (Wildman–Crippen MR) is 173 cm³/mol. The highest BCUT2D eigenvalue weighted by molar-refractivity contribution is 5.85. The van der Waals surface area contributed by atoms with E-state index in [1.54, 1.807) is 6.92 Å². The lowest BCUT2D eigenvalue weighted by Gasteiger charge is -2.42. The van der Waals surface area contributed by atoms with Crippen LogP contribution in [-0.4, -0.2) is 35.4 Å². The molecule has 3 fully saturated rings. The largest absolute Gasteiger partial charge is 0.478 e. The van der Waals surface area contributed by atoms with E-state index in [-0.39, 0.29) is 18.3 Å². The molecule has 0 aromatic carbocycles. The number of carbonyl (C=O) groups is 1. The minimum absolute atomic E-state index is 0.131. The van der Waals surface area contributed by atoms with Gasteiger partial charge in [0.05, 0.1) is 18.3 Å². The summed E-state index contributed by atoms with van der Waals surface area (Å²) in [5.74, 6) is -1.96. The van der Waals surface area contributed by atoms with E-state index in [0.29, 0.717) is 18.4 Å². The van der Waals surface area contributed by atoms with Gasteiger partial charge in [0, 0.05) is 12.0 Å². The van der Waals surface area contributed by atoms with Gasteiger partial charge in [-0.1, -0.05) is 141 Å². The Morgan fingerprint density at radius 1 is 0.548 bits per heavy atom. The zero-order valence-corrected chi connectivity index (χ0v) is 27.4. The first-order chi connectivity index (χ1) is 20.6. The topological polar surface area (TPSA) is 65.0 Å². The maximum absolute atomic E-state index is 11.6. The standard InChI is InChI=1S/C37H66O5/c1-32(36(38)39)24-23-31-37(40-33-25-17-11-5-2-6-12-18-26-33,41-34-27-19-13-7-3-8-14-20-28-34)42-35-29-21-15-9-4-10-16-22-30-35/h24,33-35H,2-23,25-31H2,1H3,(H,38,39). The third kappa shape index (κ3) is 15.2. The number of rotatable bonds is 10. The Hall–Kier alpha value is -0.910. The van der Waals surface area contributed by atoms with E-state index in [2.05, 4.69) is 0 Å². The highest BCUT2D eigenvalue weighted by atomic mass is 16.9. The van der Waals surface area contributed by atoms with Crippen molar-refractivity contribution in [1.29, 1.82) is 0 Å². The van der Waals surface area contributed by atoms with Gasteiger partial charge in [-0.25, -0.2) is 4.79 Å². The fourth-order valence-electron chi connectivity index (χ4n) is 7.24. The molecule has 3 rings (SSSR count). The van der Waals surface area contributed by atoms with Crippen LogP contribution >= 0.6 is 0 Å². The first-order valence-electron chi connectivity index (χ1n) is 18.5. The van der Waals surface area contributed by atoms with Gasteiger partial charge in [0.15, 0.2) is 0 Å². The molecule has 244 valence electrons. The minimum atomic E-state index is -1.10. The molecule has 3 aliphatic carbocycles. The molecule has 0 amide bonds. The van der Waals surface area contributed by atoms with Gasteiger partial charge >= 0.3 is 5.97 Å². The van der Waals surface area contributed by atoms with Crippen LogP contribution in [0.5, 0.6) is 0 Å². The normalized spacial score (nSPS) is 23.7. The molecule has 5 heteroatoms. The van der Waals surface area contributed by atoms with Gasteiger partial charge in [0.2, 0.25) is 0 Å². The summed E-state index contributed by atoms with van der Waals surface area (Å²) in [5.41, 5.74) is 0.389. The van der Waals surface area contributed by atoms with Gasteiger partial charge in [-0.15, -0.1) is 0 Å². The van der Waals surface area contributed by atoms with Crippen LogP contribution in [0.25, 0.3) is 0 Å². The summed E-state index contributed by atoms with van der Waals surface area (Å²) in [7, 11) is 0. The highest BCUT2D eigenvalue weighted by Crippen LogP contribution is 2.36. The number of hydrogen-bond donors (Lipinski definition) is 1. The number of carboxylic acid groups (broad SMARTS) is 1. The summed E-state index contributed by atoms with van der Waals surface area (Å²) in [5, 5.41) is 9.55. The summed E-state index contributed by atoms with van der Waals surface area (Å²) in [6.45, 7) is 1.69. The summed E-state index contributed by atoms with van der Waals surface area (Å²) in [6, 6.07) is 0. The fourth-order valence-corrected chi connectivity index (χ4v) is 7.24. The maximum atomic E-state index is 11.6. The smallest absolute Gasteiger partial charge is 0.330 e. The molecule has 1 N–H and O–H groups in total. The molecule has 3 aliphatic rings. The van der Waals surface area contributed by atoms with E-state index in [0.717, 1.165) is 38.5 Å². The molecule has 0 spiro atoms. The summed E-state index contributed by atoms with van der Waals surface area (Å²) < 4.78 is 21.6. The molecule has 0 saturated heterocycles. The van der Waals surface area contributed by atoms with Crippen LogP contribution in [0, 0.1) is 0 Å². The second-order valence-electron chi connectivity index (χ2n) is 13.8. The van der Waals surface area contributed by atoms with E-state index in [1.807, 2.05) is 6.08 Å². The Bertz CT molecular complexity index is 634. The van der Waals surface area contributed by atoms with Crippen molar-refractivity contribution in [1.82, 2.24) is 0 Å². The van der Waals surface area contributed by atoms with Gasteiger partial charge in [0.25, 0.3) is 5.97 Å². The molecule has 0 radical (unpaired) electrons.